The molecule has 2 rings (SSSR count). The van der Waals surface area contributed by atoms with Crippen molar-refractivity contribution in [3.05, 3.63) is 47.4 Å². The predicted octanol–water partition coefficient (Wildman–Crippen LogP) is 3.15. The minimum absolute atomic E-state index is 0.182. The van der Waals surface area contributed by atoms with Gasteiger partial charge < -0.3 is 9.73 Å². The fraction of sp³-hybridized carbons (Fsp3) is 0. The molecule has 90 valence electrons. The molecule has 0 atom stereocenters. The quantitative estimate of drug-likeness (QED) is 0.682. The first-order valence-corrected chi connectivity index (χ1v) is 5.31. The maximum atomic E-state index is 11.7. The molecule has 0 saturated heterocycles. The third-order valence-corrected chi connectivity index (χ3v) is 2.43. The van der Waals surface area contributed by atoms with E-state index in [2.05, 4.69) is 10.3 Å². The zero-order valence-corrected chi connectivity index (χ0v) is 9.77. The molecule has 0 aliphatic heterocycles. The molecule has 18 heavy (non-hydrogen) atoms. The van der Waals surface area contributed by atoms with Gasteiger partial charge in [-0.15, -0.1) is 0 Å². The highest BCUT2D eigenvalue weighted by molar-refractivity contribution is 6.34. The Balaban J connectivity index is 2.20. The molecule has 0 bridgehead atoms. The number of isocyanates is 1. The van der Waals surface area contributed by atoms with Gasteiger partial charge >= 0.3 is 0 Å². The molecule has 1 aromatic heterocycles. The van der Waals surface area contributed by atoms with Crippen LogP contribution in [0.5, 0.6) is 0 Å². The van der Waals surface area contributed by atoms with Crippen LogP contribution in [0.15, 0.2) is 46.0 Å². The van der Waals surface area contributed by atoms with Gasteiger partial charge in [0.25, 0.3) is 5.91 Å². The van der Waals surface area contributed by atoms with Crippen molar-refractivity contribution < 1.29 is 14.0 Å². The number of amides is 1. The summed E-state index contributed by atoms with van der Waals surface area (Å²) in [7, 11) is 0. The number of nitrogens with one attached hydrogen (secondary N) is 1. The van der Waals surface area contributed by atoms with Gasteiger partial charge in [0.2, 0.25) is 6.08 Å². The lowest BCUT2D eigenvalue weighted by molar-refractivity contribution is 0.0996. The van der Waals surface area contributed by atoms with Gasteiger partial charge in [-0.1, -0.05) is 11.6 Å². The van der Waals surface area contributed by atoms with Crippen molar-refractivity contribution in [1.29, 1.82) is 0 Å². The molecule has 1 heterocycles. The standard InChI is InChI=1S/C12H7ClN2O3/c13-9-6-8(14-7-16)3-4-10(9)15-12(17)11-2-1-5-18-11/h1-6H,(H,15,17). The third kappa shape index (κ3) is 2.66. The molecule has 0 saturated carbocycles. The summed E-state index contributed by atoms with van der Waals surface area (Å²) < 4.78 is 4.94. The monoisotopic (exact) mass is 262 g/mol. The lowest BCUT2D eigenvalue weighted by Gasteiger charge is -2.05. The van der Waals surface area contributed by atoms with E-state index in [1.54, 1.807) is 12.1 Å². The second-order valence-electron chi connectivity index (χ2n) is 3.30. The summed E-state index contributed by atoms with van der Waals surface area (Å²) in [6, 6.07) is 7.67. The summed E-state index contributed by atoms with van der Waals surface area (Å²) >= 11 is 5.94. The number of anilines is 1. The number of hydrogen-bond donors (Lipinski definition) is 1. The van der Waals surface area contributed by atoms with Crippen molar-refractivity contribution in [3.63, 3.8) is 0 Å². The average Bonchev–Trinajstić information content (AvgIpc) is 2.86. The molecular weight excluding hydrogens is 256 g/mol. The van der Waals surface area contributed by atoms with Crippen molar-refractivity contribution in [1.82, 2.24) is 0 Å². The van der Waals surface area contributed by atoms with Crippen LogP contribution >= 0.6 is 11.6 Å². The Hall–Kier alpha value is -2.36. The van der Waals surface area contributed by atoms with Gasteiger partial charge in [0.1, 0.15) is 0 Å². The van der Waals surface area contributed by atoms with Crippen LogP contribution in [0.4, 0.5) is 11.4 Å². The number of aliphatic imine (C=N–C) groups is 1. The van der Waals surface area contributed by atoms with Crippen molar-refractivity contribution in [3.8, 4) is 0 Å². The van der Waals surface area contributed by atoms with Gasteiger partial charge in [-0.25, -0.2) is 4.79 Å². The molecule has 1 N–H and O–H groups in total. The van der Waals surface area contributed by atoms with Crippen LogP contribution in [-0.4, -0.2) is 12.0 Å². The van der Waals surface area contributed by atoms with Crippen LogP contribution in [0.2, 0.25) is 5.02 Å². The van der Waals surface area contributed by atoms with E-state index in [-0.39, 0.29) is 10.8 Å². The van der Waals surface area contributed by atoms with Crippen LogP contribution in [0, 0.1) is 0 Å². The number of benzene rings is 1. The van der Waals surface area contributed by atoms with E-state index >= 15 is 0 Å². The molecule has 0 fully saturated rings. The van der Waals surface area contributed by atoms with Crippen molar-refractivity contribution in [2.75, 3.05) is 5.32 Å². The zero-order valence-electron chi connectivity index (χ0n) is 9.01. The Labute approximate surface area is 107 Å². The first-order chi connectivity index (χ1) is 8.70. The highest BCUT2D eigenvalue weighted by Crippen LogP contribution is 2.27. The minimum atomic E-state index is -0.409. The highest BCUT2D eigenvalue weighted by atomic mass is 35.5. The van der Waals surface area contributed by atoms with E-state index in [0.29, 0.717) is 11.4 Å². The Morgan fingerprint density at radius 1 is 1.39 bits per heavy atom. The molecule has 6 heteroatoms. The molecule has 5 nitrogen and oxygen atoms in total. The average molecular weight is 263 g/mol. The minimum Gasteiger partial charge on any atom is -0.459 e. The van der Waals surface area contributed by atoms with Crippen LogP contribution in [0.3, 0.4) is 0 Å². The summed E-state index contributed by atoms with van der Waals surface area (Å²) in [5.41, 5.74) is 0.772. The lowest BCUT2D eigenvalue weighted by Crippen LogP contribution is -2.10. The van der Waals surface area contributed by atoms with Gasteiger partial charge in [0.15, 0.2) is 5.76 Å². The van der Waals surface area contributed by atoms with Crippen LogP contribution in [-0.2, 0) is 4.79 Å². The molecule has 0 unspecified atom stereocenters. The van der Waals surface area contributed by atoms with Crippen molar-refractivity contribution >= 4 is 35.0 Å². The first kappa shape index (κ1) is 12.1. The number of halogens is 1. The third-order valence-electron chi connectivity index (χ3n) is 2.12. The smallest absolute Gasteiger partial charge is 0.291 e. The zero-order chi connectivity index (χ0) is 13.0. The van der Waals surface area contributed by atoms with E-state index < -0.39 is 5.91 Å². The Kier molecular flexibility index (Phi) is 3.57. The van der Waals surface area contributed by atoms with Gasteiger partial charge in [-0.3, -0.25) is 4.79 Å². The fourth-order valence-electron chi connectivity index (χ4n) is 1.32. The number of hydrogen-bond acceptors (Lipinski definition) is 4. The van der Waals surface area contributed by atoms with Crippen LogP contribution < -0.4 is 5.32 Å². The fourth-order valence-corrected chi connectivity index (χ4v) is 1.54. The van der Waals surface area contributed by atoms with Gasteiger partial charge in [0, 0.05) is 0 Å². The molecule has 0 aliphatic rings. The van der Waals surface area contributed by atoms with Gasteiger partial charge in [-0.05, 0) is 30.3 Å². The maximum absolute atomic E-state index is 11.7. The SMILES string of the molecule is O=C=Nc1ccc(NC(=O)c2ccco2)c(Cl)c1. The summed E-state index contributed by atoms with van der Waals surface area (Å²) in [5.74, 6) is -0.227. The number of nitrogens with zero attached hydrogens (tertiary/aromatic N) is 1. The number of carbonyl (C=O) groups excluding carboxylic acids is 2. The van der Waals surface area contributed by atoms with Gasteiger partial charge in [0.05, 0.1) is 22.7 Å². The van der Waals surface area contributed by atoms with E-state index in [0.717, 1.165) is 0 Å². The first-order valence-electron chi connectivity index (χ1n) is 4.93. The van der Waals surface area contributed by atoms with Gasteiger partial charge in [-0.2, -0.15) is 4.99 Å². The number of furan rings is 1. The molecular formula is C12H7ClN2O3. The number of carbonyl (C=O) groups is 1. The topological polar surface area (TPSA) is 71.7 Å². The largest absolute Gasteiger partial charge is 0.459 e. The number of rotatable bonds is 3. The molecule has 1 amide bonds. The van der Waals surface area contributed by atoms with Crippen LogP contribution in [0.25, 0.3) is 0 Å². The molecule has 0 radical (unpaired) electrons. The molecule has 0 spiro atoms. The molecule has 1 aromatic carbocycles. The van der Waals surface area contributed by atoms with Crippen molar-refractivity contribution in [2.24, 2.45) is 4.99 Å². The van der Waals surface area contributed by atoms with Crippen LogP contribution in [0.1, 0.15) is 10.6 Å². The molecule has 0 aliphatic carbocycles. The molecule has 2 aromatic rings. The Bertz CT molecular complexity index is 616. The van der Waals surface area contributed by atoms with Crippen molar-refractivity contribution in [2.45, 2.75) is 0 Å². The summed E-state index contributed by atoms with van der Waals surface area (Å²) in [5, 5.41) is 2.85. The summed E-state index contributed by atoms with van der Waals surface area (Å²) in [4.78, 5) is 25.2. The lowest BCUT2D eigenvalue weighted by atomic mass is 10.2. The second kappa shape index (κ2) is 5.31. The van der Waals surface area contributed by atoms with E-state index in [4.69, 9.17) is 16.0 Å². The second-order valence-corrected chi connectivity index (χ2v) is 3.71. The van der Waals surface area contributed by atoms with E-state index in [1.807, 2.05) is 0 Å². The van der Waals surface area contributed by atoms with E-state index in [9.17, 15) is 9.59 Å². The normalized spacial score (nSPS) is 9.61. The Morgan fingerprint density at radius 2 is 2.22 bits per heavy atom. The predicted molar refractivity (Wildman–Crippen MR) is 65.9 cm³/mol. The Morgan fingerprint density at radius 3 is 2.83 bits per heavy atom. The maximum Gasteiger partial charge on any atom is 0.291 e. The highest BCUT2D eigenvalue weighted by Gasteiger charge is 2.10. The van der Waals surface area contributed by atoms with E-state index in [1.165, 1.54) is 30.5 Å². The summed E-state index contributed by atoms with van der Waals surface area (Å²) in [6.07, 6.45) is 2.81. The summed E-state index contributed by atoms with van der Waals surface area (Å²) in [6.45, 7) is 0.